The zero-order valence-corrected chi connectivity index (χ0v) is 11.4. The van der Waals surface area contributed by atoms with Gasteiger partial charge >= 0.3 is 0 Å². The summed E-state index contributed by atoms with van der Waals surface area (Å²) in [6, 6.07) is 5.32. The molecule has 0 unspecified atom stereocenters. The van der Waals surface area contributed by atoms with Crippen LogP contribution in [0.2, 0.25) is 0 Å². The first-order valence-corrected chi connectivity index (χ1v) is 6.31. The Morgan fingerprint density at radius 1 is 1.40 bits per heavy atom. The second kappa shape index (κ2) is 7.97. The molecule has 0 aliphatic heterocycles. The summed E-state index contributed by atoms with van der Waals surface area (Å²) in [5.41, 5.74) is 7.06. The minimum Gasteiger partial charge on any atom is -0.395 e. The second-order valence-electron chi connectivity index (χ2n) is 4.30. The van der Waals surface area contributed by atoms with Gasteiger partial charge in [0.25, 0.3) is 5.91 Å². The number of carbonyl (C=O) groups excluding carboxylic acids is 2. The zero-order valence-electron chi connectivity index (χ0n) is 11.4. The van der Waals surface area contributed by atoms with Gasteiger partial charge in [-0.1, -0.05) is 17.9 Å². The molecule has 0 fully saturated rings. The van der Waals surface area contributed by atoms with Crippen LogP contribution in [0.5, 0.6) is 0 Å². The molecule has 1 rings (SSSR count). The quantitative estimate of drug-likeness (QED) is 0.676. The molecule has 0 saturated heterocycles. The molecule has 106 valence electrons. The van der Waals surface area contributed by atoms with Crippen molar-refractivity contribution in [2.24, 2.45) is 5.73 Å². The Morgan fingerprint density at radius 2 is 2.15 bits per heavy atom. The van der Waals surface area contributed by atoms with Gasteiger partial charge in [-0.15, -0.1) is 0 Å². The molecule has 1 aromatic carbocycles. The summed E-state index contributed by atoms with van der Waals surface area (Å²) < 4.78 is 0. The highest BCUT2D eigenvalue weighted by Crippen LogP contribution is 2.11. The van der Waals surface area contributed by atoms with E-state index in [1.807, 2.05) is 19.1 Å². The van der Waals surface area contributed by atoms with Crippen LogP contribution in [-0.4, -0.2) is 30.1 Å². The summed E-state index contributed by atoms with van der Waals surface area (Å²) >= 11 is 0. The highest BCUT2D eigenvalue weighted by molar-refractivity contribution is 5.97. The molecule has 0 atom stereocenters. The van der Waals surface area contributed by atoms with Crippen LogP contribution < -0.4 is 11.1 Å². The average Bonchev–Trinajstić information content (AvgIpc) is 2.38. The molecule has 2 amide bonds. The number of amides is 2. The maximum atomic E-state index is 12.0. The van der Waals surface area contributed by atoms with Crippen LogP contribution >= 0.6 is 0 Å². The van der Waals surface area contributed by atoms with Gasteiger partial charge in [-0.25, -0.2) is 0 Å². The molecule has 0 radical (unpaired) electrons. The number of aryl methyl sites for hydroxylation is 1. The number of hydrogen-bond donors (Lipinski definition) is 3. The molecule has 0 aliphatic carbocycles. The first kappa shape index (κ1) is 15.7. The Morgan fingerprint density at radius 3 is 2.80 bits per heavy atom. The predicted molar refractivity (Wildman–Crippen MR) is 75.9 cm³/mol. The summed E-state index contributed by atoms with van der Waals surface area (Å²) in [6.07, 6.45) is 0.458. The van der Waals surface area contributed by atoms with E-state index >= 15 is 0 Å². The third-order valence-corrected chi connectivity index (χ3v) is 2.54. The summed E-state index contributed by atoms with van der Waals surface area (Å²) in [6.45, 7) is 2.09. The monoisotopic (exact) mass is 274 g/mol. The van der Waals surface area contributed by atoms with Gasteiger partial charge in [-0.2, -0.15) is 0 Å². The lowest BCUT2D eigenvalue weighted by molar-refractivity contribution is -0.117. The van der Waals surface area contributed by atoms with Crippen molar-refractivity contribution in [1.82, 2.24) is 5.32 Å². The molecule has 0 bridgehead atoms. The third-order valence-electron chi connectivity index (χ3n) is 2.54. The van der Waals surface area contributed by atoms with Crippen LogP contribution in [-0.2, 0) is 4.79 Å². The molecular formula is C15H18N2O3. The van der Waals surface area contributed by atoms with E-state index in [1.54, 1.807) is 6.07 Å². The van der Waals surface area contributed by atoms with Crippen LogP contribution in [0.4, 0.5) is 0 Å². The standard InChI is InChI=1S/C15H18N2O3/c1-11-5-6-13(12(10-11)4-2-3-9-18)15(20)17-8-7-14(16)19/h5-6,10,18H,3,7-9H2,1H3,(H2,16,19)(H,17,20). The normalized spacial score (nSPS) is 9.50. The SMILES string of the molecule is Cc1ccc(C(=O)NCCC(N)=O)c(C#CCCO)c1. The summed E-state index contributed by atoms with van der Waals surface area (Å²) in [5.74, 6) is 4.91. The van der Waals surface area contributed by atoms with Gasteiger partial charge in [-0.05, 0) is 24.6 Å². The smallest absolute Gasteiger partial charge is 0.252 e. The van der Waals surface area contributed by atoms with Crippen molar-refractivity contribution < 1.29 is 14.7 Å². The minimum absolute atomic E-state index is 0.0149. The first-order valence-electron chi connectivity index (χ1n) is 6.31. The van der Waals surface area contributed by atoms with Gasteiger partial charge < -0.3 is 16.2 Å². The third kappa shape index (κ3) is 5.12. The van der Waals surface area contributed by atoms with E-state index in [-0.39, 0.29) is 25.5 Å². The van der Waals surface area contributed by atoms with Crippen molar-refractivity contribution in [3.63, 3.8) is 0 Å². The van der Waals surface area contributed by atoms with E-state index in [0.717, 1.165) is 5.56 Å². The van der Waals surface area contributed by atoms with E-state index in [2.05, 4.69) is 17.2 Å². The van der Waals surface area contributed by atoms with E-state index in [0.29, 0.717) is 17.5 Å². The van der Waals surface area contributed by atoms with Crippen molar-refractivity contribution in [2.75, 3.05) is 13.2 Å². The van der Waals surface area contributed by atoms with Crippen LogP contribution in [0.25, 0.3) is 0 Å². The molecule has 5 nitrogen and oxygen atoms in total. The number of carbonyl (C=O) groups is 2. The summed E-state index contributed by atoms with van der Waals surface area (Å²) in [7, 11) is 0. The maximum Gasteiger partial charge on any atom is 0.252 e. The fourth-order valence-electron chi connectivity index (χ4n) is 1.57. The van der Waals surface area contributed by atoms with E-state index < -0.39 is 5.91 Å². The molecule has 5 heteroatoms. The number of aliphatic hydroxyl groups is 1. The van der Waals surface area contributed by atoms with Crippen molar-refractivity contribution in [3.8, 4) is 11.8 Å². The molecule has 0 aliphatic rings. The van der Waals surface area contributed by atoms with E-state index in [1.165, 1.54) is 0 Å². The molecule has 20 heavy (non-hydrogen) atoms. The fraction of sp³-hybridized carbons (Fsp3) is 0.333. The van der Waals surface area contributed by atoms with Crippen molar-refractivity contribution in [3.05, 3.63) is 34.9 Å². The molecule has 4 N–H and O–H groups in total. The number of rotatable bonds is 5. The van der Waals surface area contributed by atoms with Gasteiger partial charge in [0.2, 0.25) is 5.91 Å². The van der Waals surface area contributed by atoms with Crippen molar-refractivity contribution in [2.45, 2.75) is 19.8 Å². The molecule has 0 aromatic heterocycles. The molecule has 1 aromatic rings. The number of benzene rings is 1. The minimum atomic E-state index is -0.461. The van der Waals surface area contributed by atoms with Gasteiger partial charge in [0.1, 0.15) is 0 Å². The average molecular weight is 274 g/mol. The van der Waals surface area contributed by atoms with Crippen LogP contribution in [0.1, 0.15) is 34.3 Å². The van der Waals surface area contributed by atoms with Gasteiger partial charge in [-0.3, -0.25) is 9.59 Å². The lowest BCUT2D eigenvalue weighted by Crippen LogP contribution is -2.28. The van der Waals surface area contributed by atoms with Crippen molar-refractivity contribution in [1.29, 1.82) is 0 Å². The fourth-order valence-corrected chi connectivity index (χ4v) is 1.57. The zero-order chi connectivity index (χ0) is 15.0. The van der Waals surface area contributed by atoms with Gasteiger partial charge in [0.15, 0.2) is 0 Å². The molecule has 0 saturated carbocycles. The summed E-state index contributed by atoms with van der Waals surface area (Å²) in [5, 5.41) is 11.3. The number of primary amides is 1. The highest BCUT2D eigenvalue weighted by atomic mass is 16.2. The Labute approximate surface area is 118 Å². The number of aliphatic hydroxyl groups excluding tert-OH is 1. The highest BCUT2D eigenvalue weighted by Gasteiger charge is 2.10. The molecule has 0 heterocycles. The van der Waals surface area contributed by atoms with Crippen LogP contribution in [0.15, 0.2) is 18.2 Å². The lowest BCUT2D eigenvalue weighted by Gasteiger charge is -2.07. The Bertz CT molecular complexity index is 556. The van der Waals surface area contributed by atoms with Gasteiger partial charge in [0, 0.05) is 24.9 Å². The molecule has 0 spiro atoms. The summed E-state index contributed by atoms with van der Waals surface area (Å²) in [4.78, 5) is 22.6. The van der Waals surface area contributed by atoms with Crippen LogP contribution in [0, 0.1) is 18.8 Å². The predicted octanol–water partition coefficient (Wildman–Crippen LogP) is 0.334. The van der Waals surface area contributed by atoms with Crippen molar-refractivity contribution >= 4 is 11.8 Å². The number of nitrogens with one attached hydrogen (secondary N) is 1. The first-order chi connectivity index (χ1) is 9.54. The Balaban J connectivity index is 2.85. The topological polar surface area (TPSA) is 92.4 Å². The number of nitrogens with two attached hydrogens (primary N) is 1. The Hall–Kier alpha value is -2.32. The lowest BCUT2D eigenvalue weighted by atomic mass is 10.0. The second-order valence-corrected chi connectivity index (χ2v) is 4.30. The van der Waals surface area contributed by atoms with Gasteiger partial charge in [0.05, 0.1) is 12.2 Å². The number of hydrogen-bond acceptors (Lipinski definition) is 3. The largest absolute Gasteiger partial charge is 0.395 e. The van der Waals surface area contributed by atoms with Crippen LogP contribution in [0.3, 0.4) is 0 Å². The maximum absolute atomic E-state index is 12.0. The van der Waals surface area contributed by atoms with E-state index in [9.17, 15) is 9.59 Å². The van der Waals surface area contributed by atoms with E-state index in [4.69, 9.17) is 10.8 Å². The molecular weight excluding hydrogens is 256 g/mol. The Kier molecular flexibility index (Phi) is 6.27.